The van der Waals surface area contributed by atoms with Crippen molar-refractivity contribution in [2.75, 3.05) is 109 Å². The highest BCUT2D eigenvalue weighted by molar-refractivity contribution is 6.27. The Hall–Kier alpha value is -12.1. The monoisotopic (exact) mass is 1570 g/mol. The minimum Gasteiger partial charge on any atom is -0.497 e. The van der Waals surface area contributed by atoms with Gasteiger partial charge >= 0.3 is 12.3 Å². The zero-order chi connectivity index (χ0) is 80.6. The zero-order valence-corrected chi connectivity index (χ0v) is 66.0. The second-order valence-electron chi connectivity index (χ2n) is 27.1. The Balaban J connectivity index is 0.000000167. The number of fused-ring (bicyclic) bond motifs is 3. The van der Waals surface area contributed by atoms with Crippen molar-refractivity contribution >= 4 is 90.8 Å². The molecular formula is C81H92ClF3N18O10. The number of rotatable bonds is 30. The van der Waals surface area contributed by atoms with Crippen molar-refractivity contribution in [3.8, 4) is 68.3 Å². The van der Waals surface area contributed by atoms with Gasteiger partial charge in [-0.05, 0) is 102 Å². The number of methoxy groups -OCH3 is 6. The molecular weight excluding hydrogens is 1480 g/mol. The summed E-state index contributed by atoms with van der Waals surface area (Å²) in [5, 5.41) is 26.4. The zero-order valence-electron chi connectivity index (χ0n) is 65.2. The lowest BCUT2D eigenvalue weighted by Gasteiger charge is -2.32. The number of hydrogen-bond acceptors (Lipinski definition) is 23. The number of amides is 2. The number of ether oxygens (including phenoxy) is 7. The van der Waals surface area contributed by atoms with E-state index < -0.39 is 18.8 Å². The molecule has 2 amide bonds. The number of halogens is 4. The molecule has 6 aromatic carbocycles. The summed E-state index contributed by atoms with van der Waals surface area (Å²) in [6.45, 7) is 11.4. The average Bonchev–Trinajstić information content (AvgIpc) is 1.71. The summed E-state index contributed by atoms with van der Waals surface area (Å²) >= 11 is 5.82. The van der Waals surface area contributed by atoms with Gasteiger partial charge in [-0.15, -0.1) is 11.6 Å². The highest BCUT2D eigenvalue weighted by Crippen LogP contribution is 2.39. The van der Waals surface area contributed by atoms with Crippen molar-refractivity contribution in [3.05, 3.63) is 165 Å². The van der Waals surface area contributed by atoms with E-state index in [1.165, 1.54) is 0 Å². The van der Waals surface area contributed by atoms with Crippen LogP contribution in [0.25, 0.3) is 66.9 Å². The minimum absolute atomic E-state index is 0.0599. The lowest BCUT2D eigenvalue weighted by atomic mass is 10.1. The van der Waals surface area contributed by atoms with Crippen molar-refractivity contribution in [2.24, 2.45) is 14.1 Å². The van der Waals surface area contributed by atoms with Gasteiger partial charge in [-0.2, -0.15) is 28.5 Å². The fourth-order valence-electron chi connectivity index (χ4n) is 12.7. The first-order valence-electron chi connectivity index (χ1n) is 36.5. The molecule has 7 heterocycles. The third kappa shape index (κ3) is 20.9. The molecule has 1 aliphatic rings. The number of benzene rings is 6. The number of nitrogens with zero attached hydrogens (tertiary/aromatic N) is 17. The molecule has 1 fully saturated rings. The molecule has 13 rings (SSSR count). The van der Waals surface area contributed by atoms with E-state index in [4.69, 9.17) is 59.7 Å². The maximum atomic E-state index is 12.5. The number of anilines is 6. The summed E-state index contributed by atoms with van der Waals surface area (Å²) in [6.07, 6.45) is 10.9. The molecule has 1 saturated heterocycles. The molecule has 0 bridgehead atoms. The average molecular weight is 1570 g/mol. The second-order valence-corrected chi connectivity index (χ2v) is 27.4. The van der Waals surface area contributed by atoms with E-state index in [2.05, 4.69) is 40.5 Å². The summed E-state index contributed by atoms with van der Waals surface area (Å²) in [5.74, 6) is 3.34. The number of aryl methyl sites for hydroxylation is 3. The Labute approximate surface area is 657 Å². The van der Waals surface area contributed by atoms with Crippen molar-refractivity contribution in [1.29, 1.82) is 0 Å². The highest BCUT2D eigenvalue weighted by atomic mass is 35.5. The van der Waals surface area contributed by atoms with Crippen LogP contribution in [-0.2, 0) is 30.2 Å². The van der Waals surface area contributed by atoms with Gasteiger partial charge in [-0.25, -0.2) is 19.7 Å². The molecule has 28 nitrogen and oxygen atoms in total. The van der Waals surface area contributed by atoms with Crippen LogP contribution in [0.2, 0.25) is 0 Å². The van der Waals surface area contributed by atoms with Gasteiger partial charge < -0.3 is 68.1 Å². The highest BCUT2D eigenvalue weighted by Gasteiger charge is 2.35. The summed E-state index contributed by atoms with van der Waals surface area (Å²) < 4.78 is 81.6. The maximum Gasteiger partial charge on any atom is 0.410 e. The first-order valence-corrected chi connectivity index (χ1v) is 37.0. The predicted octanol–water partition coefficient (Wildman–Crippen LogP) is 13.6. The van der Waals surface area contributed by atoms with E-state index in [0.29, 0.717) is 83.0 Å². The van der Waals surface area contributed by atoms with Gasteiger partial charge in [0.05, 0.1) is 162 Å². The Morgan fingerprint density at radius 2 is 0.982 bits per heavy atom. The summed E-state index contributed by atoms with van der Waals surface area (Å²) in [4.78, 5) is 62.4. The van der Waals surface area contributed by atoms with Crippen LogP contribution in [0.1, 0.15) is 41.0 Å². The van der Waals surface area contributed by atoms with Gasteiger partial charge in [0.15, 0.2) is 0 Å². The van der Waals surface area contributed by atoms with Gasteiger partial charge in [0, 0.05) is 170 Å². The lowest BCUT2D eigenvalue weighted by molar-refractivity contribution is -0.131. The third-order valence-electron chi connectivity index (χ3n) is 18.5. The van der Waals surface area contributed by atoms with Crippen LogP contribution in [0.3, 0.4) is 0 Å². The summed E-state index contributed by atoms with van der Waals surface area (Å²) in [7, 11) is 13.3. The SMILES string of the molecule is CCn1cc(-c2cnc3ccc(N(CCCNCC(F)(F)F)c4cc(OC)cc(OC)c4)cc3n2)cn1.COc1cc(OC)cc(N(CC(O)CN(C(=O)CCl)C(C)C)c2ccc3ncc(-c4cnn(C)c4)nc3c2)c1.COc1cc(OC)cc(N(CC2CN(C(C)C)C(=O)O2)c2ccc3ncc(-c4cnn(C)c4)nc3c2)c1. The predicted molar refractivity (Wildman–Crippen MR) is 429 cm³/mol. The van der Waals surface area contributed by atoms with Crippen LogP contribution in [0.4, 0.5) is 52.1 Å². The fraction of sp³-hybridized carbons (Fsp3) is 0.346. The van der Waals surface area contributed by atoms with E-state index in [9.17, 15) is 27.9 Å². The summed E-state index contributed by atoms with van der Waals surface area (Å²) in [6, 6.07) is 34.0. The third-order valence-corrected chi connectivity index (χ3v) is 18.8. The number of cyclic esters (lactones) is 1. The van der Waals surface area contributed by atoms with Gasteiger partial charge in [0.2, 0.25) is 5.91 Å². The molecule has 2 atom stereocenters. The van der Waals surface area contributed by atoms with Crippen molar-refractivity contribution in [1.82, 2.24) is 74.4 Å². The van der Waals surface area contributed by atoms with Crippen molar-refractivity contribution in [3.63, 3.8) is 0 Å². The van der Waals surface area contributed by atoms with Crippen LogP contribution >= 0.6 is 11.6 Å². The molecule has 2 N–H and O–H groups in total. The second kappa shape index (κ2) is 37.3. The Morgan fingerprint density at radius 1 is 0.566 bits per heavy atom. The van der Waals surface area contributed by atoms with E-state index in [1.54, 1.807) is 111 Å². The van der Waals surface area contributed by atoms with Crippen LogP contribution in [0.5, 0.6) is 34.5 Å². The quantitative estimate of drug-likeness (QED) is 0.0312. The largest absolute Gasteiger partial charge is 0.497 e. The molecule has 12 aromatic rings. The number of aliphatic hydroxyl groups excluding tert-OH is 1. The molecule has 0 radical (unpaired) electrons. The van der Waals surface area contributed by atoms with Crippen LogP contribution in [-0.4, -0.2) is 211 Å². The molecule has 0 aliphatic carbocycles. The molecule has 0 saturated carbocycles. The number of aliphatic hydroxyl groups is 1. The van der Waals surface area contributed by atoms with Crippen LogP contribution in [0.15, 0.2) is 165 Å². The normalized spacial score (nSPS) is 13.0. The fourth-order valence-corrected chi connectivity index (χ4v) is 12.8. The van der Waals surface area contributed by atoms with Crippen LogP contribution < -0.4 is 48.4 Å². The van der Waals surface area contributed by atoms with E-state index >= 15 is 0 Å². The van der Waals surface area contributed by atoms with E-state index in [0.717, 1.165) is 85.1 Å². The molecule has 594 valence electrons. The summed E-state index contributed by atoms with van der Waals surface area (Å²) in [5.41, 5.74) is 13.9. The molecule has 6 aromatic heterocycles. The molecule has 2 unspecified atom stereocenters. The van der Waals surface area contributed by atoms with Crippen molar-refractivity contribution in [2.45, 2.75) is 78.1 Å². The Morgan fingerprint density at radius 3 is 1.36 bits per heavy atom. The number of carbonyl (C=O) groups is 2. The number of nitrogens with one attached hydrogen (secondary N) is 1. The van der Waals surface area contributed by atoms with Gasteiger partial charge in [-0.1, -0.05) is 0 Å². The number of aromatic nitrogens is 12. The first-order chi connectivity index (χ1) is 54.3. The van der Waals surface area contributed by atoms with Crippen LogP contribution in [0, 0.1) is 0 Å². The Kier molecular flexibility index (Phi) is 27.0. The Bertz CT molecular complexity index is 5170. The van der Waals surface area contributed by atoms with Crippen molar-refractivity contribution < 1.29 is 61.0 Å². The molecule has 113 heavy (non-hydrogen) atoms. The minimum atomic E-state index is -4.25. The van der Waals surface area contributed by atoms with E-state index in [-0.39, 0.29) is 55.7 Å². The standard InChI is InChI=1S/C28H33ClN6O4.C27H30N6O4.C26H29F3N6O2/c1-18(2)34(28(37)12-29)16-22(36)17-35(21-8-23(38-4)11-24(9-21)39-5)20-6-7-25-26(10-20)32-27(14-30-25)19-13-31-33(3)15-19;1-17(2)32-15-23(37-27(32)34)16-33(20-8-21(35-4)11-22(9-20)36-5)19-6-7-24-25(10-19)30-26(13-28-24)18-12-29-31(3)14-18;1-4-34-16-18(14-32-34)25-15-31-23-7-6-19(12-24(23)33-25)35(9-5-8-30-17-26(27,28)29)20-10-21(36-2)13-22(11-20)37-3/h6-11,13-15,18,22,36H,12,16-17H2,1-5H3;6-14,17,23H,15-16H2,1-5H3;6-7,10-16,30H,4-5,8-9,17H2,1-3H3. The number of carbonyl (C=O) groups excluding carboxylic acids is 2. The van der Waals surface area contributed by atoms with E-state index in [1.807, 2.05) is 179 Å². The maximum absolute atomic E-state index is 12.5. The van der Waals surface area contributed by atoms with Gasteiger partial charge in [0.25, 0.3) is 0 Å². The number of hydrogen-bond donors (Lipinski definition) is 2. The van der Waals surface area contributed by atoms with Gasteiger partial charge in [0.1, 0.15) is 46.5 Å². The topological polar surface area (TPSA) is 278 Å². The molecule has 32 heteroatoms. The van der Waals surface area contributed by atoms with Gasteiger partial charge in [-0.3, -0.25) is 33.8 Å². The molecule has 0 spiro atoms. The molecule has 1 aliphatic heterocycles. The number of alkyl halides is 4. The lowest BCUT2D eigenvalue weighted by Crippen LogP contribution is -2.45. The first kappa shape index (κ1) is 81.9. The smallest absolute Gasteiger partial charge is 0.410 e.